The Hall–Kier alpha value is -3.56. The van der Waals surface area contributed by atoms with Gasteiger partial charge in [-0.1, -0.05) is 61.8 Å². The van der Waals surface area contributed by atoms with Crippen LogP contribution < -0.4 is 11.4 Å². The predicted molar refractivity (Wildman–Crippen MR) is 146 cm³/mol. The molecular formula is C28H32ClFN6O2. The summed E-state index contributed by atoms with van der Waals surface area (Å²) in [5.74, 6) is -0.939. The second kappa shape index (κ2) is 11.4. The number of nitrogens with zero attached hydrogens (tertiary/aromatic N) is 5. The summed E-state index contributed by atoms with van der Waals surface area (Å²) in [6, 6.07) is 13.3. The van der Waals surface area contributed by atoms with Gasteiger partial charge in [-0.3, -0.25) is 9.36 Å². The summed E-state index contributed by atoms with van der Waals surface area (Å²) >= 11 is 6.50. The minimum atomic E-state index is -0.678. The zero-order chi connectivity index (χ0) is 27.6. The highest BCUT2D eigenvalue weighted by molar-refractivity contribution is 6.34. The zero-order valence-corrected chi connectivity index (χ0v) is 22.7. The third kappa shape index (κ3) is 5.35. The summed E-state index contributed by atoms with van der Waals surface area (Å²) in [5.41, 5.74) is 7.62. The Morgan fingerprint density at radius 3 is 2.50 bits per heavy atom. The monoisotopic (exact) mass is 538 g/mol. The molecule has 4 rings (SSSR count). The molecule has 2 aromatic heterocycles. The number of rotatable bonds is 9. The van der Waals surface area contributed by atoms with E-state index in [1.54, 1.807) is 24.8 Å². The van der Waals surface area contributed by atoms with Crippen LogP contribution >= 0.6 is 11.6 Å². The highest BCUT2D eigenvalue weighted by Crippen LogP contribution is 2.31. The molecule has 0 spiro atoms. The summed E-state index contributed by atoms with van der Waals surface area (Å²) < 4.78 is 17.7. The summed E-state index contributed by atoms with van der Waals surface area (Å²) in [6.07, 6.45) is 0.486. The molecule has 38 heavy (non-hydrogen) atoms. The fraction of sp³-hybridized carbons (Fsp3) is 0.357. The second-order valence-corrected chi connectivity index (χ2v) is 10.2. The molecule has 0 saturated carbocycles. The van der Waals surface area contributed by atoms with Crippen LogP contribution in [0.5, 0.6) is 0 Å². The summed E-state index contributed by atoms with van der Waals surface area (Å²) in [4.78, 5) is 34.1. The van der Waals surface area contributed by atoms with Gasteiger partial charge in [0.2, 0.25) is 0 Å². The average molecular weight is 539 g/mol. The van der Waals surface area contributed by atoms with Gasteiger partial charge >= 0.3 is 5.69 Å². The van der Waals surface area contributed by atoms with Crippen molar-refractivity contribution in [1.82, 2.24) is 24.1 Å². The van der Waals surface area contributed by atoms with Gasteiger partial charge in [0.05, 0.1) is 23.8 Å². The van der Waals surface area contributed by atoms with Crippen molar-refractivity contribution < 1.29 is 9.18 Å². The third-order valence-corrected chi connectivity index (χ3v) is 6.95. The van der Waals surface area contributed by atoms with Gasteiger partial charge in [0.25, 0.3) is 5.91 Å². The van der Waals surface area contributed by atoms with Gasteiger partial charge < -0.3 is 10.6 Å². The molecule has 0 saturated heterocycles. The van der Waals surface area contributed by atoms with E-state index in [1.165, 1.54) is 21.2 Å². The van der Waals surface area contributed by atoms with Gasteiger partial charge in [-0.25, -0.2) is 14.2 Å². The van der Waals surface area contributed by atoms with Gasteiger partial charge in [-0.05, 0) is 56.0 Å². The Bertz CT molecular complexity index is 1520. The molecule has 1 atom stereocenters. The second-order valence-electron chi connectivity index (χ2n) is 9.77. The molecular weight excluding hydrogens is 507 g/mol. The van der Waals surface area contributed by atoms with E-state index < -0.39 is 23.5 Å². The van der Waals surface area contributed by atoms with Crippen molar-refractivity contribution in [3.05, 3.63) is 98.1 Å². The summed E-state index contributed by atoms with van der Waals surface area (Å²) in [6.45, 7) is 8.13. The first-order valence-corrected chi connectivity index (χ1v) is 13.0. The van der Waals surface area contributed by atoms with Crippen LogP contribution in [0.3, 0.4) is 0 Å². The number of amides is 1. The summed E-state index contributed by atoms with van der Waals surface area (Å²) in [7, 11) is 0. The molecule has 4 aromatic rings. The fourth-order valence-electron chi connectivity index (χ4n) is 4.62. The van der Waals surface area contributed by atoms with Crippen molar-refractivity contribution in [2.24, 2.45) is 11.7 Å². The minimum Gasteiger partial charge on any atom is -0.330 e. The van der Waals surface area contributed by atoms with Crippen LogP contribution in [0.15, 0.2) is 53.3 Å². The van der Waals surface area contributed by atoms with Crippen molar-refractivity contribution in [3.8, 4) is 0 Å². The van der Waals surface area contributed by atoms with Crippen molar-refractivity contribution in [2.75, 3.05) is 13.1 Å². The van der Waals surface area contributed by atoms with Crippen molar-refractivity contribution in [2.45, 2.75) is 46.7 Å². The molecule has 10 heteroatoms. The Balaban J connectivity index is 1.96. The Kier molecular flexibility index (Phi) is 8.28. The van der Waals surface area contributed by atoms with Crippen molar-refractivity contribution in [1.29, 1.82) is 0 Å². The van der Waals surface area contributed by atoms with Crippen molar-refractivity contribution in [3.63, 3.8) is 0 Å². The third-order valence-electron chi connectivity index (χ3n) is 6.51. The maximum absolute atomic E-state index is 15.0. The largest absolute Gasteiger partial charge is 0.352 e. The molecule has 0 unspecified atom stereocenters. The number of benzene rings is 2. The number of fused-ring (bicyclic) bond motifs is 1. The van der Waals surface area contributed by atoms with E-state index in [0.29, 0.717) is 30.0 Å². The Labute approximate surface area is 225 Å². The van der Waals surface area contributed by atoms with Crippen LogP contribution in [0.25, 0.3) is 5.65 Å². The van der Waals surface area contributed by atoms with Crippen LogP contribution in [0.4, 0.5) is 4.39 Å². The zero-order valence-electron chi connectivity index (χ0n) is 22.0. The molecule has 8 nitrogen and oxygen atoms in total. The van der Waals surface area contributed by atoms with Crippen LogP contribution in [0.1, 0.15) is 59.3 Å². The number of hydrogen-bond acceptors (Lipinski definition) is 5. The standard InChI is InChI=1S/C28H32ClFN6O2/c1-17(2)24(34(14-8-13-31)27(37)21-12-11-18(3)15-22(21)30)26-32-25-23(29)19(4)33-36(25)28(38)35(26)16-20-9-6-5-7-10-20/h5-7,9-12,15,17,24H,8,13-14,16,31H2,1-4H3/t24-/m1/s1. The maximum Gasteiger partial charge on any atom is 0.352 e. The quantitative estimate of drug-likeness (QED) is 0.337. The van der Waals surface area contributed by atoms with E-state index in [1.807, 2.05) is 44.2 Å². The summed E-state index contributed by atoms with van der Waals surface area (Å²) in [5, 5.41) is 4.56. The van der Waals surface area contributed by atoms with E-state index in [0.717, 1.165) is 5.56 Å². The SMILES string of the molecule is Cc1ccc(C(=O)N(CCCN)[C@@H](c2nc3c(Cl)c(C)nn3c(=O)n2Cc2ccccc2)C(C)C)c(F)c1. The molecule has 0 aliphatic heterocycles. The first-order valence-electron chi connectivity index (χ1n) is 12.6. The molecule has 2 heterocycles. The van der Waals surface area contributed by atoms with Gasteiger partial charge in [0, 0.05) is 6.54 Å². The van der Waals surface area contributed by atoms with E-state index in [4.69, 9.17) is 22.3 Å². The number of halogens is 2. The first kappa shape index (κ1) is 27.5. The predicted octanol–water partition coefficient (Wildman–Crippen LogP) is 4.54. The number of aromatic nitrogens is 4. The van der Waals surface area contributed by atoms with E-state index in [2.05, 4.69) is 5.10 Å². The lowest BCUT2D eigenvalue weighted by molar-refractivity contribution is 0.0597. The number of carbonyl (C=O) groups excluding carboxylic acids is 1. The van der Waals surface area contributed by atoms with Crippen LogP contribution in [-0.2, 0) is 6.54 Å². The maximum atomic E-state index is 15.0. The average Bonchev–Trinajstić information content (AvgIpc) is 3.17. The Morgan fingerprint density at radius 2 is 1.87 bits per heavy atom. The molecule has 1 amide bonds. The number of carbonyl (C=O) groups is 1. The molecule has 0 aliphatic rings. The molecule has 200 valence electrons. The highest BCUT2D eigenvalue weighted by Gasteiger charge is 2.34. The molecule has 0 fully saturated rings. The first-order chi connectivity index (χ1) is 18.1. The molecule has 0 bridgehead atoms. The van der Waals surface area contributed by atoms with E-state index in [-0.39, 0.29) is 35.2 Å². The number of aryl methyl sites for hydroxylation is 2. The van der Waals surface area contributed by atoms with E-state index in [9.17, 15) is 14.0 Å². The molecule has 0 aliphatic carbocycles. The number of nitrogens with two attached hydrogens (primary N) is 1. The lowest BCUT2D eigenvalue weighted by Crippen LogP contribution is -2.43. The van der Waals surface area contributed by atoms with Gasteiger partial charge in [-0.15, -0.1) is 0 Å². The lowest BCUT2D eigenvalue weighted by Gasteiger charge is -2.35. The fourth-order valence-corrected chi connectivity index (χ4v) is 4.78. The van der Waals surface area contributed by atoms with Gasteiger partial charge in [0.15, 0.2) is 5.65 Å². The molecule has 0 radical (unpaired) electrons. The normalized spacial score (nSPS) is 12.3. The van der Waals surface area contributed by atoms with Gasteiger partial charge in [-0.2, -0.15) is 9.61 Å². The smallest absolute Gasteiger partial charge is 0.330 e. The number of hydrogen-bond donors (Lipinski definition) is 1. The topological polar surface area (TPSA) is 98.5 Å². The molecule has 2 N–H and O–H groups in total. The van der Waals surface area contributed by atoms with Crippen LogP contribution in [0.2, 0.25) is 5.02 Å². The molecule has 2 aromatic carbocycles. The van der Waals surface area contributed by atoms with Crippen LogP contribution in [0, 0.1) is 25.6 Å². The van der Waals surface area contributed by atoms with E-state index >= 15 is 0 Å². The lowest BCUT2D eigenvalue weighted by atomic mass is 9.99. The minimum absolute atomic E-state index is 0.0467. The van der Waals surface area contributed by atoms with Crippen LogP contribution in [-0.4, -0.2) is 43.1 Å². The highest BCUT2D eigenvalue weighted by atomic mass is 35.5. The Morgan fingerprint density at radius 1 is 1.16 bits per heavy atom. The van der Waals surface area contributed by atoms with Crippen molar-refractivity contribution >= 4 is 23.2 Å². The van der Waals surface area contributed by atoms with Gasteiger partial charge in [0.1, 0.15) is 16.7 Å².